The van der Waals surface area contributed by atoms with Crippen LogP contribution in [-0.2, 0) is 12.0 Å². The number of aryl methyl sites for hydroxylation is 1. The lowest BCUT2D eigenvalue weighted by molar-refractivity contribution is 0.0677. The number of hydrogen-bond donors (Lipinski definition) is 4. The molecule has 0 saturated carbocycles. The van der Waals surface area contributed by atoms with E-state index < -0.39 is 5.60 Å². The Morgan fingerprint density at radius 2 is 2.07 bits per heavy atom. The molecule has 0 amide bonds. The van der Waals surface area contributed by atoms with Gasteiger partial charge in [0.15, 0.2) is 5.96 Å². The van der Waals surface area contributed by atoms with Gasteiger partial charge >= 0.3 is 0 Å². The van der Waals surface area contributed by atoms with E-state index in [0.717, 1.165) is 37.5 Å². The second-order valence-electron chi connectivity index (χ2n) is 6.87. The van der Waals surface area contributed by atoms with Crippen LogP contribution in [0, 0.1) is 0 Å². The molecular weight excluding hydrogens is 483 g/mol. The predicted molar refractivity (Wildman–Crippen MR) is 130 cm³/mol. The van der Waals surface area contributed by atoms with Crippen molar-refractivity contribution in [3.8, 4) is 0 Å². The highest BCUT2D eigenvalue weighted by Crippen LogP contribution is 2.23. The highest BCUT2D eigenvalue weighted by Gasteiger charge is 2.23. The highest BCUT2D eigenvalue weighted by molar-refractivity contribution is 14.0. The van der Waals surface area contributed by atoms with Crippen molar-refractivity contribution < 1.29 is 5.11 Å². The smallest absolute Gasteiger partial charge is 0.191 e. The van der Waals surface area contributed by atoms with Gasteiger partial charge in [0.2, 0.25) is 0 Å². The van der Waals surface area contributed by atoms with E-state index in [9.17, 15) is 5.11 Å². The Balaban J connectivity index is 0.00000280. The van der Waals surface area contributed by atoms with E-state index in [-0.39, 0.29) is 24.0 Å². The van der Waals surface area contributed by atoms with Crippen molar-refractivity contribution in [3.05, 3.63) is 58.4 Å². The Hall–Kier alpha value is -1.58. The van der Waals surface area contributed by atoms with Gasteiger partial charge in [-0.05, 0) is 60.7 Å². The van der Waals surface area contributed by atoms with Crippen molar-refractivity contribution in [1.29, 1.82) is 0 Å². The standard InChI is InChI=1S/C21H28N4OS.HI/c1-3-22-20(25-15-21(2,26)17-10-12-27-14-17)23-11-6-7-16-13-24-19-9-5-4-8-18(16)19;/h4-5,8-10,12-14,24,26H,3,6-7,11,15H2,1-2H3,(H2,22,23,25);1H. The van der Waals surface area contributed by atoms with Gasteiger partial charge in [-0.1, -0.05) is 18.2 Å². The fourth-order valence-corrected chi connectivity index (χ4v) is 3.84. The maximum atomic E-state index is 10.6. The molecule has 0 bridgehead atoms. The number of rotatable bonds is 8. The SMILES string of the molecule is CCNC(=NCC(C)(O)c1ccsc1)NCCCc1c[nH]c2ccccc12.I. The first-order valence-electron chi connectivity index (χ1n) is 9.42. The summed E-state index contributed by atoms with van der Waals surface area (Å²) < 4.78 is 0. The molecule has 4 N–H and O–H groups in total. The Morgan fingerprint density at radius 1 is 1.25 bits per heavy atom. The monoisotopic (exact) mass is 512 g/mol. The fraction of sp³-hybridized carbons (Fsp3) is 0.381. The van der Waals surface area contributed by atoms with Crippen LogP contribution in [-0.4, -0.2) is 35.7 Å². The molecule has 3 rings (SSSR count). The lowest BCUT2D eigenvalue weighted by Gasteiger charge is -2.21. The first-order chi connectivity index (χ1) is 13.1. The summed E-state index contributed by atoms with van der Waals surface area (Å²) in [4.78, 5) is 7.89. The van der Waals surface area contributed by atoms with Gasteiger partial charge < -0.3 is 20.7 Å². The topological polar surface area (TPSA) is 72.4 Å². The van der Waals surface area contributed by atoms with Crippen LogP contribution in [0.3, 0.4) is 0 Å². The van der Waals surface area contributed by atoms with Crippen LogP contribution in [0.25, 0.3) is 10.9 Å². The number of H-pyrrole nitrogens is 1. The summed E-state index contributed by atoms with van der Waals surface area (Å²) >= 11 is 1.58. The number of nitrogens with zero attached hydrogens (tertiary/aromatic N) is 1. The third-order valence-corrected chi connectivity index (χ3v) is 5.31. The van der Waals surface area contributed by atoms with Crippen molar-refractivity contribution in [2.75, 3.05) is 19.6 Å². The number of halogens is 1. The van der Waals surface area contributed by atoms with Crippen molar-refractivity contribution >= 4 is 52.2 Å². The van der Waals surface area contributed by atoms with Gasteiger partial charge in [-0.25, -0.2) is 4.99 Å². The second-order valence-corrected chi connectivity index (χ2v) is 7.65. The summed E-state index contributed by atoms with van der Waals surface area (Å²) in [5.41, 5.74) is 2.49. The van der Waals surface area contributed by atoms with Gasteiger partial charge in [-0.2, -0.15) is 11.3 Å². The molecule has 7 heteroatoms. The number of aromatic amines is 1. The van der Waals surface area contributed by atoms with Gasteiger partial charge in [0.1, 0.15) is 5.60 Å². The van der Waals surface area contributed by atoms with E-state index in [1.54, 1.807) is 18.3 Å². The van der Waals surface area contributed by atoms with Gasteiger partial charge in [0.25, 0.3) is 0 Å². The summed E-state index contributed by atoms with van der Waals surface area (Å²) in [6.07, 6.45) is 4.11. The first kappa shape index (κ1) is 22.7. The van der Waals surface area contributed by atoms with Gasteiger partial charge in [-0.3, -0.25) is 0 Å². The molecule has 1 atom stereocenters. The van der Waals surface area contributed by atoms with Crippen LogP contribution in [0.4, 0.5) is 0 Å². The zero-order valence-corrected chi connectivity index (χ0v) is 19.5. The number of guanidine groups is 1. The lowest BCUT2D eigenvalue weighted by Crippen LogP contribution is -2.39. The molecule has 0 saturated heterocycles. The van der Waals surface area contributed by atoms with Crippen LogP contribution in [0.2, 0.25) is 0 Å². The quantitative estimate of drug-likeness (QED) is 0.158. The number of hydrogen-bond acceptors (Lipinski definition) is 3. The first-order valence-corrected chi connectivity index (χ1v) is 10.4. The number of aliphatic hydroxyl groups is 1. The Morgan fingerprint density at radius 3 is 2.82 bits per heavy atom. The summed E-state index contributed by atoms with van der Waals surface area (Å²) in [5, 5.41) is 22.5. The number of fused-ring (bicyclic) bond motifs is 1. The average molecular weight is 512 g/mol. The molecule has 28 heavy (non-hydrogen) atoms. The molecule has 0 aliphatic rings. The molecule has 3 aromatic rings. The number of thiophene rings is 1. The summed E-state index contributed by atoms with van der Waals surface area (Å²) in [6, 6.07) is 10.3. The van der Waals surface area contributed by atoms with E-state index >= 15 is 0 Å². The van der Waals surface area contributed by atoms with Crippen LogP contribution < -0.4 is 10.6 Å². The third-order valence-electron chi connectivity index (χ3n) is 4.62. The summed E-state index contributed by atoms with van der Waals surface area (Å²) in [6.45, 7) is 5.78. The number of nitrogens with one attached hydrogen (secondary N) is 3. The minimum absolute atomic E-state index is 0. The second kappa shape index (κ2) is 10.8. The molecule has 0 spiro atoms. The fourth-order valence-electron chi connectivity index (χ4n) is 3.06. The minimum Gasteiger partial charge on any atom is -0.383 e. The molecule has 1 unspecified atom stereocenters. The van der Waals surface area contributed by atoms with E-state index in [1.165, 1.54) is 16.5 Å². The number of aromatic nitrogens is 1. The largest absolute Gasteiger partial charge is 0.383 e. The molecule has 1 aromatic carbocycles. The van der Waals surface area contributed by atoms with Crippen LogP contribution in [0.5, 0.6) is 0 Å². The normalized spacial score (nSPS) is 13.8. The molecular formula is C21H29IN4OS. The highest BCUT2D eigenvalue weighted by atomic mass is 127. The molecule has 0 aliphatic heterocycles. The van der Waals surface area contributed by atoms with E-state index in [2.05, 4.69) is 45.0 Å². The van der Waals surface area contributed by atoms with Crippen LogP contribution in [0.1, 0.15) is 31.4 Å². The Kier molecular flexibility index (Phi) is 8.78. The summed E-state index contributed by atoms with van der Waals surface area (Å²) in [7, 11) is 0. The van der Waals surface area contributed by atoms with Gasteiger partial charge in [0.05, 0.1) is 6.54 Å². The predicted octanol–water partition coefficient (Wildman–Crippen LogP) is 4.24. The zero-order valence-electron chi connectivity index (χ0n) is 16.4. The Bertz CT molecular complexity index is 874. The molecule has 2 aromatic heterocycles. The third kappa shape index (κ3) is 5.96. The van der Waals surface area contributed by atoms with E-state index in [4.69, 9.17) is 0 Å². The van der Waals surface area contributed by atoms with Crippen molar-refractivity contribution in [3.63, 3.8) is 0 Å². The van der Waals surface area contributed by atoms with Crippen molar-refractivity contribution in [2.24, 2.45) is 4.99 Å². The maximum absolute atomic E-state index is 10.6. The molecule has 0 radical (unpaired) electrons. The molecule has 0 aliphatic carbocycles. The van der Waals surface area contributed by atoms with Crippen molar-refractivity contribution in [1.82, 2.24) is 15.6 Å². The Labute approximate surface area is 187 Å². The zero-order chi connectivity index (χ0) is 19.1. The number of benzene rings is 1. The van der Waals surface area contributed by atoms with Gasteiger partial charge in [0, 0.05) is 30.2 Å². The van der Waals surface area contributed by atoms with Crippen LogP contribution >= 0.6 is 35.3 Å². The van der Waals surface area contributed by atoms with Crippen molar-refractivity contribution in [2.45, 2.75) is 32.3 Å². The van der Waals surface area contributed by atoms with Gasteiger partial charge in [-0.15, -0.1) is 24.0 Å². The molecule has 5 nitrogen and oxygen atoms in total. The maximum Gasteiger partial charge on any atom is 0.191 e. The van der Waals surface area contributed by atoms with E-state index in [0.29, 0.717) is 6.54 Å². The summed E-state index contributed by atoms with van der Waals surface area (Å²) in [5.74, 6) is 0.743. The molecule has 2 heterocycles. The van der Waals surface area contributed by atoms with Crippen LogP contribution in [0.15, 0.2) is 52.3 Å². The molecule has 0 fully saturated rings. The number of aliphatic imine (C=N–C) groups is 1. The molecule has 152 valence electrons. The van der Waals surface area contributed by atoms with E-state index in [1.807, 2.05) is 29.8 Å². The minimum atomic E-state index is -0.952. The number of para-hydroxylation sites is 1. The lowest BCUT2D eigenvalue weighted by atomic mass is 10.00. The average Bonchev–Trinajstić information content (AvgIpc) is 3.34.